The first-order valence-corrected chi connectivity index (χ1v) is 6.81. The topological polar surface area (TPSA) is 40.5 Å². The van der Waals surface area contributed by atoms with Gasteiger partial charge in [-0.15, -0.1) is 0 Å². The average molecular weight is 267 g/mol. The van der Waals surface area contributed by atoms with Gasteiger partial charge in [0, 0.05) is 18.8 Å². The number of hydrogen-bond donors (Lipinski definition) is 1. The van der Waals surface area contributed by atoms with Crippen molar-refractivity contribution in [1.82, 2.24) is 0 Å². The molecule has 3 heteroatoms. The number of benzene rings is 2. The summed E-state index contributed by atoms with van der Waals surface area (Å²) >= 11 is 0. The van der Waals surface area contributed by atoms with Crippen LogP contribution in [0, 0.1) is 6.92 Å². The number of carbonyl (C=O) groups is 1. The number of rotatable bonds is 2. The normalized spacial score (nSPS) is 13.9. The van der Waals surface area contributed by atoms with Gasteiger partial charge in [-0.2, -0.15) is 0 Å². The Bertz CT molecular complexity index is 664. The van der Waals surface area contributed by atoms with Crippen molar-refractivity contribution >= 4 is 11.7 Å². The Morgan fingerprint density at radius 2 is 1.90 bits per heavy atom. The summed E-state index contributed by atoms with van der Waals surface area (Å²) in [7, 11) is 0. The Labute approximate surface area is 118 Å². The molecule has 1 heterocycles. The number of anilines is 1. The van der Waals surface area contributed by atoms with E-state index in [1.165, 1.54) is 11.1 Å². The van der Waals surface area contributed by atoms with Crippen LogP contribution in [0.3, 0.4) is 0 Å². The first kappa shape index (κ1) is 12.7. The number of carboxylic acid groups (broad SMARTS) is 1. The zero-order valence-corrected chi connectivity index (χ0v) is 11.5. The minimum absolute atomic E-state index is 0.351. The molecule has 0 atom stereocenters. The lowest BCUT2D eigenvalue weighted by atomic mass is 9.98. The smallest absolute Gasteiger partial charge is 0.335 e. The third kappa shape index (κ3) is 2.27. The predicted octanol–water partition coefficient (Wildman–Crippen LogP) is 3.26. The van der Waals surface area contributed by atoms with Crippen molar-refractivity contribution in [2.45, 2.75) is 19.9 Å². The zero-order valence-electron chi connectivity index (χ0n) is 11.5. The Morgan fingerprint density at radius 1 is 1.15 bits per heavy atom. The first-order chi connectivity index (χ1) is 9.65. The molecule has 102 valence electrons. The molecule has 0 aliphatic carbocycles. The molecule has 0 aromatic heterocycles. The highest BCUT2D eigenvalue weighted by Crippen LogP contribution is 2.27. The monoisotopic (exact) mass is 267 g/mol. The highest BCUT2D eigenvalue weighted by Gasteiger charge is 2.18. The van der Waals surface area contributed by atoms with Gasteiger partial charge in [0.2, 0.25) is 0 Å². The van der Waals surface area contributed by atoms with Gasteiger partial charge in [-0.25, -0.2) is 4.79 Å². The minimum Gasteiger partial charge on any atom is -0.478 e. The molecule has 0 amide bonds. The summed E-state index contributed by atoms with van der Waals surface area (Å²) in [5.41, 5.74) is 5.28. The molecule has 1 aliphatic rings. The fraction of sp³-hybridized carbons (Fsp3) is 0.235. The molecule has 1 N–H and O–H groups in total. The number of carboxylic acids is 1. The van der Waals surface area contributed by atoms with E-state index < -0.39 is 5.97 Å². The van der Waals surface area contributed by atoms with E-state index in [9.17, 15) is 4.79 Å². The molecular weight excluding hydrogens is 250 g/mol. The fourth-order valence-corrected chi connectivity index (χ4v) is 2.84. The second kappa shape index (κ2) is 5.00. The number of aromatic carboxylic acids is 1. The van der Waals surface area contributed by atoms with Gasteiger partial charge in [0.1, 0.15) is 0 Å². The molecule has 0 fully saturated rings. The van der Waals surface area contributed by atoms with E-state index >= 15 is 0 Å². The minimum atomic E-state index is -0.872. The van der Waals surface area contributed by atoms with E-state index in [0.29, 0.717) is 5.56 Å². The summed E-state index contributed by atoms with van der Waals surface area (Å²) in [6, 6.07) is 13.9. The average Bonchev–Trinajstić information content (AvgIpc) is 2.46. The van der Waals surface area contributed by atoms with Crippen LogP contribution in [0.2, 0.25) is 0 Å². The van der Waals surface area contributed by atoms with Crippen molar-refractivity contribution in [3.05, 3.63) is 64.7 Å². The first-order valence-electron chi connectivity index (χ1n) is 6.81. The SMILES string of the molecule is Cc1cc(C(=O)O)ccc1N1CCc2ccccc2C1. The van der Waals surface area contributed by atoms with Crippen LogP contribution in [0.25, 0.3) is 0 Å². The van der Waals surface area contributed by atoms with Crippen molar-refractivity contribution in [1.29, 1.82) is 0 Å². The molecule has 0 saturated carbocycles. The van der Waals surface area contributed by atoms with Crippen molar-refractivity contribution in [3.63, 3.8) is 0 Å². The van der Waals surface area contributed by atoms with Crippen LogP contribution < -0.4 is 4.90 Å². The van der Waals surface area contributed by atoms with Crippen LogP contribution in [-0.2, 0) is 13.0 Å². The molecule has 0 spiro atoms. The van der Waals surface area contributed by atoms with Crippen LogP contribution in [0.1, 0.15) is 27.0 Å². The van der Waals surface area contributed by atoms with Gasteiger partial charge in [-0.1, -0.05) is 24.3 Å². The fourth-order valence-electron chi connectivity index (χ4n) is 2.84. The summed E-state index contributed by atoms with van der Waals surface area (Å²) in [4.78, 5) is 13.3. The number of hydrogen-bond acceptors (Lipinski definition) is 2. The van der Waals surface area contributed by atoms with Crippen molar-refractivity contribution < 1.29 is 9.90 Å². The van der Waals surface area contributed by atoms with E-state index in [-0.39, 0.29) is 0 Å². The predicted molar refractivity (Wildman–Crippen MR) is 79.3 cm³/mol. The van der Waals surface area contributed by atoms with Gasteiger partial charge in [0.05, 0.1) is 5.56 Å². The molecule has 20 heavy (non-hydrogen) atoms. The van der Waals surface area contributed by atoms with E-state index in [0.717, 1.165) is 30.8 Å². The summed E-state index contributed by atoms with van der Waals surface area (Å²) in [5.74, 6) is -0.872. The summed E-state index contributed by atoms with van der Waals surface area (Å²) < 4.78 is 0. The van der Waals surface area contributed by atoms with E-state index in [2.05, 4.69) is 29.2 Å². The lowest BCUT2D eigenvalue weighted by molar-refractivity contribution is 0.0697. The third-order valence-electron chi connectivity index (χ3n) is 3.92. The van der Waals surface area contributed by atoms with E-state index in [1.807, 2.05) is 13.0 Å². The van der Waals surface area contributed by atoms with Crippen molar-refractivity contribution in [3.8, 4) is 0 Å². The molecule has 3 rings (SSSR count). The molecule has 2 aromatic carbocycles. The molecule has 0 saturated heterocycles. The molecule has 2 aromatic rings. The van der Waals surface area contributed by atoms with Crippen LogP contribution >= 0.6 is 0 Å². The van der Waals surface area contributed by atoms with Crippen molar-refractivity contribution in [2.24, 2.45) is 0 Å². The lowest BCUT2D eigenvalue weighted by Gasteiger charge is -2.32. The van der Waals surface area contributed by atoms with Gasteiger partial charge >= 0.3 is 5.97 Å². The van der Waals surface area contributed by atoms with Gasteiger partial charge < -0.3 is 10.0 Å². The van der Waals surface area contributed by atoms with Gasteiger partial charge in [0.15, 0.2) is 0 Å². The number of fused-ring (bicyclic) bond motifs is 1. The van der Waals surface area contributed by atoms with E-state index in [1.54, 1.807) is 12.1 Å². The number of aryl methyl sites for hydroxylation is 1. The molecule has 1 aliphatic heterocycles. The van der Waals surface area contributed by atoms with E-state index in [4.69, 9.17) is 5.11 Å². The molecule has 0 radical (unpaired) electrons. The Hall–Kier alpha value is -2.29. The van der Waals surface area contributed by atoms with Crippen LogP contribution in [0.5, 0.6) is 0 Å². The highest BCUT2D eigenvalue weighted by molar-refractivity contribution is 5.88. The third-order valence-corrected chi connectivity index (χ3v) is 3.92. The van der Waals surface area contributed by atoms with Crippen LogP contribution in [-0.4, -0.2) is 17.6 Å². The Kier molecular flexibility index (Phi) is 3.18. The largest absolute Gasteiger partial charge is 0.478 e. The van der Waals surface area contributed by atoms with Crippen LogP contribution in [0.4, 0.5) is 5.69 Å². The second-order valence-corrected chi connectivity index (χ2v) is 5.25. The molecule has 3 nitrogen and oxygen atoms in total. The molecule has 0 bridgehead atoms. The molecule has 0 unspecified atom stereocenters. The maximum atomic E-state index is 11.0. The Morgan fingerprint density at radius 3 is 2.60 bits per heavy atom. The van der Waals surface area contributed by atoms with Crippen LogP contribution in [0.15, 0.2) is 42.5 Å². The van der Waals surface area contributed by atoms with Gasteiger partial charge in [-0.05, 0) is 48.2 Å². The lowest BCUT2D eigenvalue weighted by Crippen LogP contribution is -2.30. The highest BCUT2D eigenvalue weighted by atomic mass is 16.4. The zero-order chi connectivity index (χ0) is 14.1. The summed E-state index contributed by atoms with van der Waals surface area (Å²) in [5, 5.41) is 9.03. The maximum Gasteiger partial charge on any atom is 0.335 e. The van der Waals surface area contributed by atoms with Gasteiger partial charge in [0.25, 0.3) is 0 Å². The van der Waals surface area contributed by atoms with Gasteiger partial charge in [-0.3, -0.25) is 0 Å². The second-order valence-electron chi connectivity index (χ2n) is 5.25. The van der Waals surface area contributed by atoms with Crippen molar-refractivity contribution in [2.75, 3.05) is 11.4 Å². The summed E-state index contributed by atoms with van der Waals surface area (Å²) in [6.07, 6.45) is 1.04. The molecular formula is C17H17NO2. The standard InChI is InChI=1S/C17H17NO2/c1-12-10-14(17(19)20)6-7-16(12)18-9-8-13-4-2-3-5-15(13)11-18/h2-7,10H,8-9,11H2,1H3,(H,19,20). The number of nitrogens with zero attached hydrogens (tertiary/aromatic N) is 1. The quantitative estimate of drug-likeness (QED) is 0.908. The maximum absolute atomic E-state index is 11.0. The Balaban J connectivity index is 1.90. The summed E-state index contributed by atoms with van der Waals surface area (Å²) in [6.45, 7) is 3.84.